The summed E-state index contributed by atoms with van der Waals surface area (Å²) >= 11 is 0. The molecular formula is C21H29N. The molecule has 0 bridgehead atoms. The zero-order chi connectivity index (χ0) is 15.6. The molecule has 1 fully saturated rings. The molecule has 118 valence electrons. The van der Waals surface area contributed by atoms with Crippen molar-refractivity contribution in [3.63, 3.8) is 0 Å². The third-order valence-corrected chi connectivity index (χ3v) is 5.05. The largest absolute Gasteiger partial charge is 0.193 e. The van der Waals surface area contributed by atoms with Gasteiger partial charge in [0, 0.05) is 6.08 Å². The number of unbranched alkanes of at least 4 members (excludes halogenated alkanes) is 1. The van der Waals surface area contributed by atoms with Crippen LogP contribution in [-0.4, -0.2) is 0 Å². The number of aryl methyl sites for hydroxylation is 1. The molecule has 0 aliphatic heterocycles. The van der Waals surface area contributed by atoms with Crippen molar-refractivity contribution in [1.82, 2.24) is 0 Å². The highest BCUT2D eigenvalue weighted by molar-refractivity contribution is 5.26. The summed E-state index contributed by atoms with van der Waals surface area (Å²) < 4.78 is 0. The number of hydrogen-bond acceptors (Lipinski definition) is 1. The fourth-order valence-electron chi connectivity index (χ4n) is 3.59. The summed E-state index contributed by atoms with van der Waals surface area (Å²) in [6.45, 7) is 2.25. The van der Waals surface area contributed by atoms with E-state index in [4.69, 9.17) is 5.26 Å². The second-order valence-electron chi connectivity index (χ2n) is 6.67. The van der Waals surface area contributed by atoms with Gasteiger partial charge in [-0.05, 0) is 74.3 Å². The first-order chi connectivity index (χ1) is 10.8. The molecule has 2 rings (SSSR count). The van der Waals surface area contributed by atoms with E-state index in [1.54, 1.807) is 11.6 Å². The standard InChI is InChI=1S/C21H29N/c1-2-3-7-18-9-13-20(14-10-18)21-15-11-19(12-16-21)8-5-4-6-17-22/h4,6,9-10,13-14,19,21H,2-3,5,7-8,11-12,15-16H2,1H3/b6-4+. The smallest absolute Gasteiger partial charge is 0.0908 e. The molecule has 1 heteroatoms. The Morgan fingerprint density at radius 3 is 2.50 bits per heavy atom. The Balaban J connectivity index is 1.76. The number of benzene rings is 1. The molecule has 0 atom stereocenters. The van der Waals surface area contributed by atoms with E-state index in [2.05, 4.69) is 37.3 Å². The maximum atomic E-state index is 8.49. The van der Waals surface area contributed by atoms with Gasteiger partial charge in [0.05, 0.1) is 6.07 Å². The number of nitriles is 1. The van der Waals surface area contributed by atoms with Crippen LogP contribution in [0.3, 0.4) is 0 Å². The summed E-state index contributed by atoms with van der Waals surface area (Å²) in [5.74, 6) is 1.63. The number of nitrogens with zero attached hydrogens (tertiary/aromatic N) is 1. The van der Waals surface area contributed by atoms with Gasteiger partial charge in [-0.2, -0.15) is 5.26 Å². The summed E-state index contributed by atoms with van der Waals surface area (Å²) in [6.07, 6.45) is 15.1. The molecule has 0 N–H and O–H groups in total. The van der Waals surface area contributed by atoms with Crippen LogP contribution in [0.4, 0.5) is 0 Å². The van der Waals surface area contributed by atoms with Crippen molar-refractivity contribution in [2.45, 2.75) is 70.6 Å². The van der Waals surface area contributed by atoms with Crippen LogP contribution in [0.25, 0.3) is 0 Å². The predicted molar refractivity (Wildman–Crippen MR) is 93.7 cm³/mol. The van der Waals surface area contributed by atoms with Gasteiger partial charge in [-0.1, -0.05) is 43.7 Å². The lowest BCUT2D eigenvalue weighted by molar-refractivity contribution is 0.312. The van der Waals surface area contributed by atoms with Crippen molar-refractivity contribution >= 4 is 0 Å². The summed E-state index contributed by atoms with van der Waals surface area (Å²) in [6, 6.07) is 11.5. The molecule has 1 nitrogen and oxygen atoms in total. The van der Waals surface area contributed by atoms with Crippen LogP contribution in [-0.2, 0) is 6.42 Å². The van der Waals surface area contributed by atoms with Gasteiger partial charge in [-0.15, -0.1) is 0 Å². The summed E-state index contributed by atoms with van der Waals surface area (Å²) in [5, 5.41) is 8.49. The van der Waals surface area contributed by atoms with Gasteiger partial charge < -0.3 is 0 Å². The van der Waals surface area contributed by atoms with E-state index in [0.29, 0.717) is 0 Å². The third kappa shape index (κ3) is 5.34. The van der Waals surface area contributed by atoms with Crippen LogP contribution in [0, 0.1) is 17.2 Å². The average molecular weight is 295 g/mol. The van der Waals surface area contributed by atoms with Gasteiger partial charge in [-0.3, -0.25) is 0 Å². The molecule has 0 aromatic heterocycles. The van der Waals surface area contributed by atoms with Crippen molar-refractivity contribution < 1.29 is 0 Å². The van der Waals surface area contributed by atoms with E-state index in [1.807, 2.05) is 6.08 Å². The van der Waals surface area contributed by atoms with E-state index in [0.717, 1.165) is 18.3 Å². The zero-order valence-electron chi connectivity index (χ0n) is 13.9. The first kappa shape index (κ1) is 16.8. The first-order valence-electron chi connectivity index (χ1n) is 8.97. The van der Waals surface area contributed by atoms with Gasteiger partial charge in [0.1, 0.15) is 0 Å². The summed E-state index contributed by atoms with van der Waals surface area (Å²) in [7, 11) is 0. The molecule has 1 aliphatic carbocycles. The summed E-state index contributed by atoms with van der Waals surface area (Å²) in [5.41, 5.74) is 3.03. The second kappa shape index (κ2) is 9.46. The van der Waals surface area contributed by atoms with E-state index >= 15 is 0 Å². The van der Waals surface area contributed by atoms with Crippen molar-refractivity contribution in [2.24, 2.45) is 5.92 Å². The second-order valence-corrected chi connectivity index (χ2v) is 6.67. The van der Waals surface area contributed by atoms with Gasteiger partial charge in [0.25, 0.3) is 0 Å². The average Bonchev–Trinajstić information content (AvgIpc) is 2.58. The van der Waals surface area contributed by atoms with Crippen LogP contribution in [0.5, 0.6) is 0 Å². The van der Waals surface area contributed by atoms with Gasteiger partial charge in [0.2, 0.25) is 0 Å². The predicted octanol–water partition coefficient (Wildman–Crippen LogP) is 6.16. The van der Waals surface area contributed by atoms with Crippen molar-refractivity contribution in [3.8, 4) is 6.07 Å². The lowest BCUT2D eigenvalue weighted by Gasteiger charge is -2.28. The molecular weight excluding hydrogens is 266 g/mol. The van der Waals surface area contributed by atoms with Crippen molar-refractivity contribution in [3.05, 3.63) is 47.5 Å². The minimum absolute atomic E-state index is 0.770. The Morgan fingerprint density at radius 1 is 1.14 bits per heavy atom. The highest BCUT2D eigenvalue weighted by Gasteiger charge is 2.21. The van der Waals surface area contributed by atoms with E-state index in [-0.39, 0.29) is 0 Å². The molecule has 22 heavy (non-hydrogen) atoms. The Kier molecular flexibility index (Phi) is 7.23. The minimum Gasteiger partial charge on any atom is -0.193 e. The minimum atomic E-state index is 0.770. The molecule has 1 aliphatic rings. The van der Waals surface area contributed by atoms with Crippen LogP contribution < -0.4 is 0 Å². The fourth-order valence-corrected chi connectivity index (χ4v) is 3.59. The Bertz CT molecular complexity index is 484. The van der Waals surface area contributed by atoms with Crippen LogP contribution in [0.15, 0.2) is 36.4 Å². The molecule has 0 heterocycles. The quantitative estimate of drug-likeness (QED) is 0.552. The molecule has 0 spiro atoms. The summed E-state index contributed by atoms with van der Waals surface area (Å²) in [4.78, 5) is 0. The molecule has 1 aromatic carbocycles. The Hall–Kier alpha value is -1.55. The van der Waals surface area contributed by atoms with Crippen LogP contribution in [0.1, 0.15) is 75.3 Å². The van der Waals surface area contributed by atoms with E-state index in [1.165, 1.54) is 56.9 Å². The zero-order valence-corrected chi connectivity index (χ0v) is 13.9. The molecule has 1 saturated carbocycles. The highest BCUT2D eigenvalue weighted by atomic mass is 14.3. The molecule has 0 unspecified atom stereocenters. The van der Waals surface area contributed by atoms with Crippen LogP contribution in [0.2, 0.25) is 0 Å². The number of allylic oxidation sites excluding steroid dienone is 2. The third-order valence-electron chi connectivity index (χ3n) is 5.05. The fraction of sp³-hybridized carbons (Fsp3) is 0.571. The van der Waals surface area contributed by atoms with Crippen molar-refractivity contribution in [1.29, 1.82) is 5.26 Å². The topological polar surface area (TPSA) is 23.8 Å². The lowest BCUT2D eigenvalue weighted by Crippen LogP contribution is -2.13. The van der Waals surface area contributed by atoms with Crippen molar-refractivity contribution in [2.75, 3.05) is 0 Å². The lowest BCUT2D eigenvalue weighted by atomic mass is 9.77. The Morgan fingerprint density at radius 2 is 1.86 bits per heavy atom. The monoisotopic (exact) mass is 295 g/mol. The maximum absolute atomic E-state index is 8.49. The SMILES string of the molecule is CCCCc1ccc(C2CCC(CC/C=C/C#N)CC2)cc1. The maximum Gasteiger partial charge on any atom is 0.0908 e. The van der Waals surface area contributed by atoms with Crippen LogP contribution >= 0.6 is 0 Å². The molecule has 0 radical (unpaired) electrons. The van der Waals surface area contributed by atoms with E-state index in [9.17, 15) is 0 Å². The van der Waals surface area contributed by atoms with E-state index < -0.39 is 0 Å². The highest BCUT2D eigenvalue weighted by Crippen LogP contribution is 2.37. The number of hydrogen-bond donors (Lipinski definition) is 0. The molecule has 0 saturated heterocycles. The first-order valence-corrected chi connectivity index (χ1v) is 8.97. The molecule has 0 amide bonds. The Labute approximate surface area is 136 Å². The molecule has 1 aromatic rings. The number of rotatable bonds is 7. The normalized spacial score (nSPS) is 21.8. The van der Waals surface area contributed by atoms with Gasteiger partial charge >= 0.3 is 0 Å². The van der Waals surface area contributed by atoms with Gasteiger partial charge in [-0.25, -0.2) is 0 Å². The van der Waals surface area contributed by atoms with Gasteiger partial charge in [0.15, 0.2) is 0 Å².